The minimum atomic E-state index is -0.415. The van der Waals surface area contributed by atoms with E-state index in [2.05, 4.69) is 23.8 Å². The van der Waals surface area contributed by atoms with Gasteiger partial charge in [-0.2, -0.15) is 4.98 Å². The fraction of sp³-hybridized carbons (Fsp3) is 0.591. The maximum Gasteiger partial charge on any atom is 0.297 e. The number of aromatic nitrogens is 2. The van der Waals surface area contributed by atoms with Crippen LogP contribution in [0.5, 0.6) is 11.8 Å². The highest BCUT2D eigenvalue weighted by Crippen LogP contribution is 2.32. The Bertz CT molecular complexity index is 903. The predicted molar refractivity (Wildman–Crippen MR) is 111 cm³/mol. The minimum Gasteiger partial charge on any atom is -0.490 e. The van der Waals surface area contributed by atoms with Crippen LogP contribution in [0.25, 0.3) is 11.0 Å². The molecular formula is C22H30FN3O4. The average molecular weight is 419 g/mol. The second-order valence-corrected chi connectivity index (χ2v) is 8.28. The highest BCUT2D eigenvalue weighted by Gasteiger charge is 2.27. The maximum atomic E-state index is 14.5. The van der Waals surface area contributed by atoms with Crippen molar-refractivity contribution in [1.29, 1.82) is 0 Å². The van der Waals surface area contributed by atoms with Crippen LogP contribution in [0.2, 0.25) is 0 Å². The Kier molecular flexibility index (Phi) is 6.15. The molecule has 1 aromatic carbocycles. The molecule has 2 heterocycles. The number of aryl methyl sites for hydroxylation is 1. The topological polar surface area (TPSA) is 66.8 Å². The van der Waals surface area contributed by atoms with E-state index in [-0.39, 0.29) is 24.0 Å². The number of imidazole rings is 1. The molecule has 0 bridgehead atoms. The molecule has 0 amide bonds. The minimum absolute atomic E-state index is 0.204. The molecule has 2 aliphatic rings. The van der Waals surface area contributed by atoms with Crippen LogP contribution in [-0.2, 0) is 16.5 Å². The van der Waals surface area contributed by atoms with Crippen molar-refractivity contribution in [2.45, 2.75) is 64.1 Å². The summed E-state index contributed by atoms with van der Waals surface area (Å²) in [6.45, 7) is 8.71. The molecular weight excluding hydrogens is 389 g/mol. The molecule has 1 aromatic heterocycles. The van der Waals surface area contributed by atoms with Gasteiger partial charge in [0.2, 0.25) is 0 Å². The summed E-state index contributed by atoms with van der Waals surface area (Å²) in [7, 11) is 1.80. The van der Waals surface area contributed by atoms with E-state index in [4.69, 9.17) is 18.9 Å². The molecule has 7 nitrogen and oxygen atoms in total. The number of rotatable bonds is 9. The predicted octanol–water partition coefficient (Wildman–Crippen LogP) is 3.67. The van der Waals surface area contributed by atoms with Gasteiger partial charge in [0.1, 0.15) is 17.4 Å². The Balaban J connectivity index is 1.33. The van der Waals surface area contributed by atoms with Crippen molar-refractivity contribution in [3.8, 4) is 11.8 Å². The largest absolute Gasteiger partial charge is 0.490 e. The number of nitrogens with zero attached hydrogens (tertiary/aromatic N) is 2. The van der Waals surface area contributed by atoms with Crippen molar-refractivity contribution in [3.05, 3.63) is 30.2 Å². The molecule has 1 saturated heterocycles. The zero-order chi connectivity index (χ0) is 21.3. The molecule has 1 atom stereocenters. The summed E-state index contributed by atoms with van der Waals surface area (Å²) in [4.78, 5) is 4.33. The Morgan fingerprint density at radius 2 is 2.03 bits per heavy atom. The molecule has 0 spiro atoms. The Labute approximate surface area is 176 Å². The first-order valence-electron chi connectivity index (χ1n) is 10.5. The van der Waals surface area contributed by atoms with E-state index >= 15 is 0 Å². The molecule has 0 radical (unpaired) electrons. The lowest BCUT2D eigenvalue weighted by atomic mass is 10.1. The molecule has 2 aromatic rings. The second kappa shape index (κ2) is 8.81. The van der Waals surface area contributed by atoms with Gasteiger partial charge in [0, 0.05) is 37.3 Å². The zero-order valence-electron chi connectivity index (χ0n) is 17.8. The van der Waals surface area contributed by atoms with Gasteiger partial charge in [-0.05, 0) is 33.1 Å². The third kappa shape index (κ3) is 5.05. The molecule has 30 heavy (non-hydrogen) atoms. The number of hydrogen-bond acceptors (Lipinski definition) is 6. The number of hydrogen-bond donors (Lipinski definition) is 1. The van der Waals surface area contributed by atoms with Gasteiger partial charge in [-0.3, -0.25) is 4.57 Å². The zero-order valence-corrected chi connectivity index (χ0v) is 17.8. The van der Waals surface area contributed by atoms with Gasteiger partial charge in [-0.15, -0.1) is 0 Å². The Hall–Kier alpha value is -2.32. The van der Waals surface area contributed by atoms with Crippen molar-refractivity contribution in [3.63, 3.8) is 0 Å². The first-order chi connectivity index (χ1) is 14.4. The maximum absolute atomic E-state index is 14.5. The number of benzene rings is 1. The third-order valence-corrected chi connectivity index (χ3v) is 5.24. The summed E-state index contributed by atoms with van der Waals surface area (Å²) in [5.74, 6) is 0.113. The first kappa shape index (κ1) is 20.9. The van der Waals surface area contributed by atoms with Gasteiger partial charge >= 0.3 is 0 Å². The van der Waals surface area contributed by atoms with Crippen LogP contribution in [0.4, 0.5) is 4.39 Å². The van der Waals surface area contributed by atoms with Crippen molar-refractivity contribution >= 4 is 11.0 Å². The van der Waals surface area contributed by atoms with E-state index < -0.39 is 5.82 Å². The standard InChI is InChI=1S/C22H30FN3O4/c1-13(2)24-14(3)5-8-20-27-11-17(12-28-20)30-22-25-21-18(23)9-16(29-15-6-7-15)10-19(21)26(22)4/h9-10,14-15,17,20,24H,1,5-8,11-12H2,2-4H3/t14-,17-,20-/m0/s1. The summed E-state index contributed by atoms with van der Waals surface area (Å²) in [5.41, 5.74) is 1.85. The fourth-order valence-corrected chi connectivity index (χ4v) is 3.54. The summed E-state index contributed by atoms with van der Waals surface area (Å²) in [6.07, 6.45) is 3.40. The molecule has 1 aliphatic carbocycles. The fourth-order valence-electron chi connectivity index (χ4n) is 3.54. The van der Waals surface area contributed by atoms with Crippen molar-refractivity contribution in [2.24, 2.45) is 7.05 Å². The molecule has 0 unspecified atom stereocenters. The van der Waals surface area contributed by atoms with Crippen LogP contribution < -0.4 is 14.8 Å². The van der Waals surface area contributed by atoms with E-state index in [1.165, 1.54) is 6.07 Å². The second-order valence-electron chi connectivity index (χ2n) is 8.28. The SMILES string of the molecule is C=C(C)N[C@@H](C)CC[C@H]1OC[C@H](Oc2nc3c(F)cc(OC4CC4)cc3n2C)CO1. The van der Waals surface area contributed by atoms with E-state index in [1.807, 2.05) is 6.92 Å². The van der Waals surface area contributed by atoms with Gasteiger partial charge in [-0.25, -0.2) is 4.39 Å². The van der Waals surface area contributed by atoms with Gasteiger partial charge in [0.15, 0.2) is 12.1 Å². The van der Waals surface area contributed by atoms with Crippen LogP contribution in [0.3, 0.4) is 0 Å². The van der Waals surface area contributed by atoms with Gasteiger partial charge in [-0.1, -0.05) is 6.58 Å². The summed E-state index contributed by atoms with van der Waals surface area (Å²) >= 11 is 0. The van der Waals surface area contributed by atoms with Crippen LogP contribution in [0.15, 0.2) is 24.4 Å². The smallest absolute Gasteiger partial charge is 0.297 e. The molecule has 2 fully saturated rings. The molecule has 164 valence electrons. The first-order valence-corrected chi connectivity index (χ1v) is 10.5. The van der Waals surface area contributed by atoms with E-state index in [0.717, 1.165) is 31.4 Å². The van der Waals surface area contributed by atoms with Crippen molar-refractivity contribution < 1.29 is 23.3 Å². The lowest BCUT2D eigenvalue weighted by Gasteiger charge is -2.30. The van der Waals surface area contributed by atoms with Crippen molar-refractivity contribution in [2.75, 3.05) is 13.2 Å². The highest BCUT2D eigenvalue weighted by atomic mass is 19.1. The molecule has 1 aliphatic heterocycles. The summed E-state index contributed by atoms with van der Waals surface area (Å²) in [6, 6.07) is 3.84. The van der Waals surface area contributed by atoms with Crippen molar-refractivity contribution in [1.82, 2.24) is 14.9 Å². The summed E-state index contributed by atoms with van der Waals surface area (Å²) < 4.78 is 39.5. The number of ether oxygens (including phenoxy) is 4. The Morgan fingerprint density at radius 3 is 2.70 bits per heavy atom. The molecule has 1 N–H and O–H groups in total. The van der Waals surface area contributed by atoms with E-state index in [1.54, 1.807) is 17.7 Å². The van der Waals surface area contributed by atoms with E-state index in [0.29, 0.717) is 36.5 Å². The number of nitrogens with one attached hydrogen (secondary N) is 1. The summed E-state index contributed by atoms with van der Waals surface area (Å²) in [5, 5.41) is 3.28. The third-order valence-electron chi connectivity index (χ3n) is 5.24. The molecule has 1 saturated carbocycles. The lowest BCUT2D eigenvalue weighted by molar-refractivity contribution is -0.215. The normalized spacial score (nSPS) is 22.7. The Morgan fingerprint density at radius 1 is 1.30 bits per heavy atom. The van der Waals surface area contributed by atoms with Crippen LogP contribution in [-0.4, -0.2) is 47.3 Å². The van der Waals surface area contributed by atoms with Gasteiger partial charge in [0.25, 0.3) is 6.01 Å². The number of allylic oxidation sites excluding steroid dienone is 1. The number of halogens is 1. The van der Waals surface area contributed by atoms with Crippen LogP contribution in [0.1, 0.15) is 39.5 Å². The van der Waals surface area contributed by atoms with Gasteiger partial charge < -0.3 is 24.3 Å². The van der Waals surface area contributed by atoms with Crippen LogP contribution >= 0.6 is 0 Å². The van der Waals surface area contributed by atoms with E-state index in [9.17, 15) is 4.39 Å². The molecule has 8 heteroatoms. The molecule has 4 rings (SSSR count). The van der Waals surface area contributed by atoms with Crippen LogP contribution in [0, 0.1) is 5.82 Å². The average Bonchev–Trinajstić information content (AvgIpc) is 3.45. The quantitative estimate of drug-likeness (QED) is 0.669. The highest BCUT2D eigenvalue weighted by molar-refractivity contribution is 5.79. The number of fused-ring (bicyclic) bond motifs is 1. The monoisotopic (exact) mass is 419 g/mol. The van der Waals surface area contributed by atoms with Gasteiger partial charge in [0.05, 0.1) is 24.8 Å². The lowest BCUT2D eigenvalue weighted by Crippen LogP contribution is -2.40.